The lowest BCUT2D eigenvalue weighted by atomic mass is 9.98. The van der Waals surface area contributed by atoms with Crippen LogP contribution in [-0.4, -0.2) is 35.1 Å². The first-order valence-electron chi connectivity index (χ1n) is 5.73. The first-order chi connectivity index (χ1) is 7.77. The molecule has 0 bridgehead atoms. The van der Waals surface area contributed by atoms with Crippen molar-refractivity contribution in [2.24, 2.45) is 13.0 Å². The summed E-state index contributed by atoms with van der Waals surface area (Å²) in [6.07, 6.45) is 5.70. The van der Waals surface area contributed by atoms with Gasteiger partial charge in [0, 0.05) is 26.0 Å². The Balaban J connectivity index is 1.81. The van der Waals surface area contributed by atoms with E-state index in [0.717, 1.165) is 32.5 Å². The number of rotatable bonds is 3. The average molecular weight is 222 g/mol. The molecule has 0 aliphatic carbocycles. The number of hydrogen-bond acceptors (Lipinski definition) is 3. The normalized spacial score (nSPS) is 17.3. The van der Waals surface area contributed by atoms with Gasteiger partial charge in [-0.3, -0.25) is 4.79 Å². The van der Waals surface area contributed by atoms with Crippen molar-refractivity contribution in [3.63, 3.8) is 0 Å². The monoisotopic (exact) mass is 222 g/mol. The summed E-state index contributed by atoms with van der Waals surface area (Å²) in [5.41, 5.74) is 0. The van der Waals surface area contributed by atoms with E-state index in [1.54, 1.807) is 17.0 Å². The van der Waals surface area contributed by atoms with E-state index in [1.807, 2.05) is 7.05 Å². The van der Waals surface area contributed by atoms with Gasteiger partial charge in [0.15, 0.2) is 5.82 Å². The molecule has 2 rings (SSSR count). The van der Waals surface area contributed by atoms with Crippen LogP contribution in [0.5, 0.6) is 0 Å². The molecule has 2 N–H and O–H groups in total. The molecule has 0 aromatic carbocycles. The summed E-state index contributed by atoms with van der Waals surface area (Å²) >= 11 is 0. The van der Waals surface area contributed by atoms with Gasteiger partial charge in [-0.1, -0.05) is 0 Å². The molecule has 0 spiro atoms. The van der Waals surface area contributed by atoms with Crippen molar-refractivity contribution in [2.45, 2.75) is 12.8 Å². The largest absolute Gasteiger partial charge is 0.349 e. The molecule has 1 amide bonds. The number of imidazole rings is 1. The first kappa shape index (κ1) is 11.1. The lowest BCUT2D eigenvalue weighted by molar-refractivity contribution is 0.0930. The second-order valence-corrected chi connectivity index (χ2v) is 4.27. The Morgan fingerprint density at radius 2 is 2.38 bits per heavy atom. The summed E-state index contributed by atoms with van der Waals surface area (Å²) in [5.74, 6) is 1.01. The van der Waals surface area contributed by atoms with Crippen LogP contribution < -0.4 is 10.6 Å². The topological polar surface area (TPSA) is 59.0 Å². The fraction of sp³-hybridized carbons (Fsp3) is 0.636. The number of piperidine rings is 1. The van der Waals surface area contributed by atoms with Crippen molar-refractivity contribution in [1.82, 2.24) is 20.2 Å². The zero-order valence-corrected chi connectivity index (χ0v) is 9.57. The van der Waals surface area contributed by atoms with E-state index < -0.39 is 0 Å². The van der Waals surface area contributed by atoms with E-state index in [9.17, 15) is 4.79 Å². The van der Waals surface area contributed by atoms with Crippen molar-refractivity contribution >= 4 is 5.91 Å². The Morgan fingerprint density at radius 1 is 1.62 bits per heavy atom. The van der Waals surface area contributed by atoms with Gasteiger partial charge in [0.25, 0.3) is 5.91 Å². The summed E-state index contributed by atoms with van der Waals surface area (Å²) in [6.45, 7) is 2.87. The maximum Gasteiger partial charge on any atom is 0.287 e. The summed E-state index contributed by atoms with van der Waals surface area (Å²) < 4.78 is 1.73. The van der Waals surface area contributed by atoms with Crippen molar-refractivity contribution in [2.75, 3.05) is 19.6 Å². The minimum atomic E-state index is -0.0777. The highest BCUT2D eigenvalue weighted by Gasteiger charge is 2.16. The molecule has 1 aromatic heterocycles. The van der Waals surface area contributed by atoms with Crippen LogP contribution in [0.25, 0.3) is 0 Å². The third-order valence-electron chi connectivity index (χ3n) is 3.03. The summed E-state index contributed by atoms with van der Waals surface area (Å²) in [5, 5.41) is 6.26. The van der Waals surface area contributed by atoms with Crippen LogP contribution in [-0.2, 0) is 7.05 Å². The fourth-order valence-electron chi connectivity index (χ4n) is 1.99. The summed E-state index contributed by atoms with van der Waals surface area (Å²) in [7, 11) is 1.83. The van der Waals surface area contributed by atoms with Crippen LogP contribution in [0, 0.1) is 5.92 Å². The van der Waals surface area contributed by atoms with E-state index in [-0.39, 0.29) is 5.91 Å². The predicted molar refractivity (Wildman–Crippen MR) is 61.1 cm³/mol. The SMILES string of the molecule is Cn1ccnc1C(=O)NCC1CCNCC1. The van der Waals surface area contributed by atoms with Crippen molar-refractivity contribution < 1.29 is 4.79 Å². The van der Waals surface area contributed by atoms with Gasteiger partial charge in [0.1, 0.15) is 0 Å². The lowest BCUT2D eigenvalue weighted by Gasteiger charge is -2.22. The van der Waals surface area contributed by atoms with Gasteiger partial charge in [0.2, 0.25) is 0 Å². The zero-order valence-electron chi connectivity index (χ0n) is 9.57. The predicted octanol–water partition coefficient (Wildman–Crippen LogP) is 0.150. The molecule has 2 heterocycles. The molecule has 1 fully saturated rings. The minimum absolute atomic E-state index is 0.0777. The van der Waals surface area contributed by atoms with Crippen LogP contribution in [0.4, 0.5) is 0 Å². The van der Waals surface area contributed by atoms with E-state index in [1.165, 1.54) is 0 Å². The highest BCUT2D eigenvalue weighted by atomic mass is 16.2. The first-order valence-corrected chi connectivity index (χ1v) is 5.73. The highest BCUT2D eigenvalue weighted by molar-refractivity contribution is 5.90. The van der Waals surface area contributed by atoms with Crippen LogP contribution in [0.1, 0.15) is 23.5 Å². The molecule has 88 valence electrons. The number of amides is 1. The fourth-order valence-corrected chi connectivity index (χ4v) is 1.99. The molecule has 5 heteroatoms. The van der Waals surface area contributed by atoms with E-state index in [0.29, 0.717) is 11.7 Å². The summed E-state index contributed by atoms with van der Waals surface area (Å²) in [6, 6.07) is 0. The molecular weight excluding hydrogens is 204 g/mol. The number of carbonyl (C=O) groups excluding carboxylic acids is 1. The molecule has 16 heavy (non-hydrogen) atoms. The Morgan fingerprint density at radius 3 is 3.00 bits per heavy atom. The van der Waals surface area contributed by atoms with Crippen molar-refractivity contribution in [3.05, 3.63) is 18.2 Å². The van der Waals surface area contributed by atoms with Gasteiger partial charge >= 0.3 is 0 Å². The van der Waals surface area contributed by atoms with Gasteiger partial charge < -0.3 is 15.2 Å². The summed E-state index contributed by atoms with van der Waals surface area (Å²) in [4.78, 5) is 15.8. The molecule has 1 aliphatic heterocycles. The highest BCUT2D eigenvalue weighted by Crippen LogP contribution is 2.09. The zero-order chi connectivity index (χ0) is 11.4. The van der Waals surface area contributed by atoms with Crippen LogP contribution in [0.15, 0.2) is 12.4 Å². The van der Waals surface area contributed by atoms with E-state index in [4.69, 9.17) is 0 Å². The molecule has 0 unspecified atom stereocenters. The third-order valence-corrected chi connectivity index (χ3v) is 3.03. The van der Waals surface area contributed by atoms with E-state index in [2.05, 4.69) is 15.6 Å². The molecule has 0 saturated carbocycles. The maximum absolute atomic E-state index is 11.8. The number of nitrogens with one attached hydrogen (secondary N) is 2. The van der Waals surface area contributed by atoms with Gasteiger partial charge in [-0.25, -0.2) is 4.98 Å². The number of hydrogen-bond donors (Lipinski definition) is 2. The third kappa shape index (κ3) is 2.61. The quantitative estimate of drug-likeness (QED) is 0.765. The van der Waals surface area contributed by atoms with Gasteiger partial charge in [-0.15, -0.1) is 0 Å². The maximum atomic E-state index is 11.8. The van der Waals surface area contributed by atoms with Crippen molar-refractivity contribution in [3.8, 4) is 0 Å². The molecule has 1 aliphatic rings. The molecular formula is C11H18N4O. The Bertz CT molecular complexity index is 355. The molecule has 1 saturated heterocycles. The van der Waals surface area contributed by atoms with Gasteiger partial charge in [-0.05, 0) is 31.8 Å². The van der Waals surface area contributed by atoms with Crippen LogP contribution >= 0.6 is 0 Å². The number of aryl methyl sites for hydroxylation is 1. The molecule has 0 atom stereocenters. The molecule has 1 aromatic rings. The Labute approximate surface area is 95.2 Å². The Hall–Kier alpha value is -1.36. The Kier molecular flexibility index (Phi) is 3.56. The second kappa shape index (κ2) is 5.12. The number of nitrogens with zero attached hydrogens (tertiary/aromatic N) is 2. The second-order valence-electron chi connectivity index (χ2n) is 4.27. The number of aromatic nitrogens is 2. The van der Waals surface area contributed by atoms with Crippen LogP contribution in [0.2, 0.25) is 0 Å². The molecule has 0 radical (unpaired) electrons. The average Bonchev–Trinajstić information content (AvgIpc) is 2.74. The standard InChI is InChI=1S/C11H18N4O/c1-15-7-6-13-10(15)11(16)14-8-9-2-4-12-5-3-9/h6-7,9,12H,2-5,8H2,1H3,(H,14,16). The minimum Gasteiger partial charge on any atom is -0.349 e. The molecule has 5 nitrogen and oxygen atoms in total. The van der Waals surface area contributed by atoms with Gasteiger partial charge in [-0.2, -0.15) is 0 Å². The number of carbonyl (C=O) groups is 1. The smallest absolute Gasteiger partial charge is 0.287 e. The van der Waals surface area contributed by atoms with Gasteiger partial charge in [0.05, 0.1) is 0 Å². The lowest BCUT2D eigenvalue weighted by Crippen LogP contribution is -2.36. The van der Waals surface area contributed by atoms with Crippen LogP contribution in [0.3, 0.4) is 0 Å². The van der Waals surface area contributed by atoms with Crippen molar-refractivity contribution in [1.29, 1.82) is 0 Å². The van der Waals surface area contributed by atoms with E-state index >= 15 is 0 Å².